The molecule has 101 heavy (non-hydrogen) atoms. The van der Waals surface area contributed by atoms with Crippen molar-refractivity contribution in [1.29, 1.82) is 0 Å². The molecule has 0 saturated carbocycles. The number of unbranched alkanes of at least 4 members (excludes halogenated alkanes) is 31. The molecule has 2 fully saturated rings. The quantitative estimate of drug-likeness (QED) is 0.00519. The summed E-state index contributed by atoms with van der Waals surface area (Å²) in [6.45, 7) is 9.44. The summed E-state index contributed by atoms with van der Waals surface area (Å²) in [6, 6.07) is -2.99. The summed E-state index contributed by atoms with van der Waals surface area (Å²) in [7, 11) is -6.15. The molecule has 0 aliphatic carbocycles. The van der Waals surface area contributed by atoms with E-state index in [-0.39, 0.29) is 69.3 Å². The fraction of sp³-hybridized carbons (Fsp3) is 0.907. The number of nitrogens with one attached hydrogen (secondary N) is 2. The van der Waals surface area contributed by atoms with Crippen LogP contribution in [0.2, 0.25) is 0 Å². The Kier molecular flexibility index (Phi) is 61.4. The van der Waals surface area contributed by atoms with E-state index in [4.69, 9.17) is 42.8 Å². The van der Waals surface area contributed by atoms with Crippen molar-refractivity contribution in [1.82, 2.24) is 10.6 Å². The molecular weight excluding hydrogens is 1340 g/mol. The maximum Gasteiger partial charge on any atom is 0.472 e. The molecule has 592 valence electrons. The molecule has 0 spiro atoms. The second-order valence-corrected chi connectivity index (χ2v) is 29.3. The predicted octanol–water partition coefficient (Wildman–Crippen LogP) is 15.1. The minimum Gasteiger partial charge on any atom is -0.462 e. The zero-order chi connectivity index (χ0) is 74.6. The molecule has 26 heteroatoms. The normalized spacial score (nSPS) is 21.5. The van der Waals surface area contributed by atoms with Crippen LogP contribution in [0, 0.1) is 0 Å². The molecule has 2 amide bonds. The van der Waals surface area contributed by atoms with Gasteiger partial charge in [-0.25, -0.2) is 14.4 Å². The van der Waals surface area contributed by atoms with Crippen LogP contribution in [-0.4, -0.2) is 165 Å². The molecule has 2 rings (SSSR count). The zero-order valence-electron chi connectivity index (χ0n) is 62.8. The number of hydrogen-bond acceptors (Lipinski definition) is 20. The molecule has 2 saturated heterocycles. The lowest BCUT2D eigenvalue weighted by molar-refractivity contribution is -0.300. The second-order valence-electron chi connectivity index (χ2n) is 27.8. The van der Waals surface area contributed by atoms with E-state index in [2.05, 4.69) is 62.1 Å². The average molecular weight is 1480 g/mol. The number of hydrogen-bond donors (Lipinski definition) is 9. The van der Waals surface area contributed by atoms with Gasteiger partial charge in [-0.3, -0.25) is 28.5 Å². The number of aliphatic hydroxyl groups is 4. The first-order valence-electron chi connectivity index (χ1n) is 39.5. The number of phosphoric ester groups is 1. The topological polar surface area (TPSA) is 359 Å². The van der Waals surface area contributed by atoms with E-state index in [1.165, 1.54) is 77.0 Å². The van der Waals surface area contributed by atoms with Gasteiger partial charge in [0.25, 0.3) is 0 Å². The van der Waals surface area contributed by atoms with Crippen molar-refractivity contribution in [2.24, 2.45) is 0 Å². The van der Waals surface area contributed by atoms with Gasteiger partial charge in [-0.15, -0.1) is 4.67 Å². The zero-order valence-corrected chi connectivity index (χ0v) is 64.6. The van der Waals surface area contributed by atoms with Gasteiger partial charge >= 0.3 is 22.5 Å². The van der Waals surface area contributed by atoms with Crippen molar-refractivity contribution in [3.05, 3.63) is 12.2 Å². The summed E-state index contributed by atoms with van der Waals surface area (Å²) in [5.41, 5.74) is 0. The summed E-state index contributed by atoms with van der Waals surface area (Å²) < 4.78 is 67.5. The molecule has 0 radical (unpaired) electrons. The van der Waals surface area contributed by atoms with Gasteiger partial charge in [-0.2, -0.15) is 0 Å². The van der Waals surface area contributed by atoms with Crippen molar-refractivity contribution >= 4 is 45.9 Å². The van der Waals surface area contributed by atoms with E-state index in [0.717, 1.165) is 141 Å². The van der Waals surface area contributed by atoms with Gasteiger partial charge in [0.2, 0.25) is 11.8 Å². The van der Waals surface area contributed by atoms with Crippen LogP contribution in [0.5, 0.6) is 0 Å². The molecule has 0 aromatic heterocycles. The van der Waals surface area contributed by atoms with Crippen molar-refractivity contribution < 1.29 is 106 Å². The highest BCUT2D eigenvalue weighted by molar-refractivity contribution is 7.46. The van der Waals surface area contributed by atoms with Crippen LogP contribution >= 0.6 is 16.5 Å². The Morgan fingerprint density at radius 3 is 1.36 bits per heavy atom. The van der Waals surface area contributed by atoms with Crippen LogP contribution in [0.3, 0.4) is 0 Å². The van der Waals surface area contributed by atoms with E-state index in [1.54, 1.807) is 0 Å². The van der Waals surface area contributed by atoms with Crippen LogP contribution in [0.25, 0.3) is 0 Å². The molecule has 2 heterocycles. The summed E-state index contributed by atoms with van der Waals surface area (Å²) in [4.78, 5) is 88.6. The monoisotopic (exact) mass is 1480 g/mol. The fourth-order valence-electron chi connectivity index (χ4n) is 12.8. The van der Waals surface area contributed by atoms with Crippen molar-refractivity contribution in [3.63, 3.8) is 0 Å². The molecule has 9 N–H and O–H groups in total. The predicted molar refractivity (Wildman–Crippen MR) is 391 cm³/mol. The van der Waals surface area contributed by atoms with Gasteiger partial charge in [0.1, 0.15) is 60.3 Å². The summed E-state index contributed by atoms with van der Waals surface area (Å²) >= 11 is 0. The fourth-order valence-corrected chi connectivity index (χ4v) is 13.3. The Bertz CT molecular complexity index is 2150. The molecule has 2 aliphatic heterocycles. The molecule has 0 bridgehead atoms. The Morgan fingerprint density at radius 1 is 0.505 bits per heavy atom. The molecule has 1 unspecified atom stereocenters. The third kappa shape index (κ3) is 50.5. The van der Waals surface area contributed by atoms with Gasteiger partial charge in [0.15, 0.2) is 12.6 Å². The molecule has 2 aliphatic rings. The van der Waals surface area contributed by atoms with Crippen molar-refractivity contribution in [2.45, 2.75) is 410 Å². The first-order valence-corrected chi connectivity index (χ1v) is 41.7. The summed E-state index contributed by atoms with van der Waals surface area (Å²) in [5.74, 6) is -2.53. The Hall–Kier alpha value is -2.74. The maximum absolute atomic E-state index is 14.1. The Labute approximate surface area is 608 Å². The van der Waals surface area contributed by atoms with Crippen LogP contribution in [0.1, 0.15) is 336 Å². The lowest BCUT2D eigenvalue weighted by atomic mass is 9.94. The summed E-state index contributed by atoms with van der Waals surface area (Å²) in [5, 5.41) is 58.2. The minimum atomic E-state index is -5.45. The number of carbonyl (C=O) groups is 5. The number of Topliss-reactive ketones (excluding diaryl/α,β-unsaturated/α-hetero) is 2. The highest BCUT2D eigenvalue weighted by Crippen LogP contribution is 2.41. The maximum atomic E-state index is 14.1. The number of allylic oxidation sites excluding steroid dienone is 2. The number of phosphoric acid groups is 1. The number of carbonyl (C=O) groups excluding carboxylic acids is 5. The first kappa shape index (κ1) is 96.3. The second kappa shape index (κ2) is 64.4. The lowest BCUT2D eigenvalue weighted by Gasteiger charge is -2.47. The van der Waals surface area contributed by atoms with E-state index in [1.807, 2.05) is 0 Å². The van der Waals surface area contributed by atoms with Gasteiger partial charge in [-0.1, -0.05) is 239 Å². The minimum absolute atomic E-state index is 0.0736. The highest BCUT2D eigenvalue weighted by Gasteiger charge is 2.52. The smallest absolute Gasteiger partial charge is 0.462 e. The summed E-state index contributed by atoms with van der Waals surface area (Å²) in [6.07, 6.45) is 29.2. The number of rotatable bonds is 66. The third-order valence-corrected chi connectivity index (χ3v) is 19.2. The van der Waals surface area contributed by atoms with Crippen molar-refractivity contribution in [2.75, 3.05) is 26.4 Å². The van der Waals surface area contributed by atoms with Crippen LogP contribution in [0.4, 0.5) is 0 Å². The van der Waals surface area contributed by atoms with E-state index < -0.39 is 128 Å². The SMILES string of the molecule is CCCCCC/C=C\CCCC(=O)O[C@H](CCCCCCCCC)CCO[C@H]1[C@H](O)[C@@H](CCO)O[C@@H](OCC2O[C@H](OP(=O)(O)O)[C@H](NC(=O)CC(=O)CCCCCCCCCCC)[C@@H](OCC[C@H](O)CCCCCCC)[C@@H]2O)[C@@H]1NC(=O)CC(=O)CCCCCCCCCCC.O=POO. The highest BCUT2D eigenvalue weighted by atomic mass is 31.2. The number of ketones is 2. The lowest BCUT2D eigenvalue weighted by Crippen LogP contribution is -2.67. The first-order chi connectivity index (χ1) is 48.8. The average Bonchev–Trinajstić information content (AvgIpc) is 0.793. The number of aliphatic hydroxyl groups excluding tert-OH is 4. The van der Waals surface area contributed by atoms with Gasteiger partial charge in [0, 0.05) is 38.9 Å². The Balaban J connectivity index is 0.0000124. The van der Waals surface area contributed by atoms with Crippen molar-refractivity contribution in [3.8, 4) is 0 Å². The standard InChI is InChI=1S/C75H139N2O19P.HO3P/c1-6-11-16-21-25-28-32-36-41-46-60(80)56-65(82)76-68-72(91-55-52-62(48-43-38-31-24-19-14-9-4)93-67(84)49-44-39-34-30-27-23-18-13-8-3)70(85)63(50-53-78)94-74(68)92-58-64-71(86)73(90-54-51-59(79)45-40-35-20-15-10-5)69(75(95-64)96-97(87,88)89)77-66(83)57-61(81)47-42-37-33-29-26-22-17-12-7-2;1-3-4-2/h30,34,59,62-64,68-75,78-79,85-86H,6-29,31-33,35-58H2,1-5H3,(H,76,82)(H,77,83)(H2,87,88,89);1H/b34-30-;/t59-,62-,63-,64?,68-,69-,70-,71-,72-,73-,74-,75-;/m1./s1. The van der Waals surface area contributed by atoms with Gasteiger partial charge in [-0.05, 0) is 70.6 Å². The number of amides is 2. The molecule has 0 aromatic carbocycles. The van der Waals surface area contributed by atoms with Gasteiger partial charge < -0.3 is 69.3 Å². The number of ether oxygens (including phenoxy) is 6. The molecule has 24 nitrogen and oxygen atoms in total. The molecule has 0 aromatic rings. The third-order valence-electron chi connectivity index (χ3n) is 18.7. The van der Waals surface area contributed by atoms with E-state index in [9.17, 15) is 58.8 Å². The van der Waals surface area contributed by atoms with Gasteiger partial charge in [0.05, 0.1) is 38.3 Å². The van der Waals surface area contributed by atoms with E-state index in [0.29, 0.717) is 32.1 Å². The Morgan fingerprint density at radius 2 is 0.901 bits per heavy atom. The van der Waals surface area contributed by atoms with Crippen LogP contribution in [0.15, 0.2) is 12.2 Å². The molecular formula is C75H140N2O22P2. The largest absolute Gasteiger partial charge is 0.472 e. The number of esters is 1. The molecule has 12 atom stereocenters. The van der Waals surface area contributed by atoms with E-state index >= 15 is 0 Å². The van der Waals surface area contributed by atoms with Crippen LogP contribution < -0.4 is 10.6 Å². The van der Waals surface area contributed by atoms with Crippen LogP contribution in [-0.2, 0) is 70.7 Å².